The van der Waals surface area contributed by atoms with Gasteiger partial charge in [-0.3, -0.25) is 4.79 Å². The Hall–Kier alpha value is -2.32. The van der Waals surface area contributed by atoms with E-state index in [9.17, 15) is 10.1 Å². The molecule has 5 heteroatoms. The number of hydrogen-bond donors (Lipinski definition) is 1. The van der Waals surface area contributed by atoms with Crippen molar-refractivity contribution in [2.24, 2.45) is 0 Å². The van der Waals surface area contributed by atoms with E-state index < -0.39 is 0 Å². The fourth-order valence-electron chi connectivity index (χ4n) is 3.32. The molecule has 1 atom stereocenters. The maximum absolute atomic E-state index is 12.4. The van der Waals surface area contributed by atoms with Crippen LogP contribution in [0.1, 0.15) is 46.8 Å². The van der Waals surface area contributed by atoms with Crippen LogP contribution in [-0.4, -0.2) is 16.6 Å². The van der Waals surface area contributed by atoms with Crippen molar-refractivity contribution in [1.82, 2.24) is 10.3 Å². The average Bonchev–Trinajstić information content (AvgIpc) is 2.60. The first kappa shape index (κ1) is 17.5. The van der Waals surface area contributed by atoms with Gasteiger partial charge in [-0.15, -0.1) is 0 Å². The molecule has 0 bridgehead atoms. The van der Waals surface area contributed by atoms with E-state index in [2.05, 4.69) is 28.5 Å². The molecule has 0 fully saturated rings. The number of benzene rings is 1. The van der Waals surface area contributed by atoms with Gasteiger partial charge in [0.1, 0.15) is 11.1 Å². The molecule has 0 radical (unpaired) electrons. The molecule has 1 aliphatic carbocycles. The summed E-state index contributed by atoms with van der Waals surface area (Å²) in [6, 6.07) is 12.5. The van der Waals surface area contributed by atoms with Gasteiger partial charge in [-0.05, 0) is 55.9 Å². The molecule has 3 rings (SSSR count). The molecule has 4 nitrogen and oxygen atoms in total. The lowest BCUT2D eigenvalue weighted by molar-refractivity contribution is -0.119. The standard InChI is InChI=1S/C20H21N3OS/c1-13-10-14(2)22-20(17(13)11-21)25-12-19(24)23-18-9-5-7-15-6-3-4-8-16(15)18/h3-4,6,8,10,18H,5,7,9,12H2,1-2H3,(H,23,24)/t18-/m0/s1. The number of thioether (sulfide) groups is 1. The number of hydrogen-bond acceptors (Lipinski definition) is 4. The third-order valence-corrected chi connectivity index (χ3v) is 5.44. The first-order valence-corrected chi connectivity index (χ1v) is 9.45. The third-order valence-electron chi connectivity index (χ3n) is 4.47. The molecule has 0 saturated carbocycles. The first-order valence-electron chi connectivity index (χ1n) is 8.47. The van der Waals surface area contributed by atoms with Crippen LogP contribution in [0, 0.1) is 25.2 Å². The van der Waals surface area contributed by atoms with Crippen molar-refractivity contribution in [2.75, 3.05) is 5.75 Å². The van der Waals surface area contributed by atoms with E-state index in [1.165, 1.54) is 22.9 Å². The van der Waals surface area contributed by atoms with Gasteiger partial charge in [0, 0.05) is 5.69 Å². The summed E-state index contributed by atoms with van der Waals surface area (Å²) in [7, 11) is 0. The van der Waals surface area contributed by atoms with Gasteiger partial charge in [-0.25, -0.2) is 4.98 Å². The van der Waals surface area contributed by atoms with E-state index in [0.29, 0.717) is 10.6 Å². The number of amides is 1. The van der Waals surface area contributed by atoms with Crippen LogP contribution in [0.15, 0.2) is 35.4 Å². The van der Waals surface area contributed by atoms with E-state index in [0.717, 1.165) is 30.5 Å². The Kier molecular flexibility index (Phi) is 5.40. The number of fused-ring (bicyclic) bond motifs is 1. The molecule has 1 aromatic carbocycles. The highest BCUT2D eigenvalue weighted by Gasteiger charge is 2.21. The second kappa shape index (κ2) is 7.71. The minimum absolute atomic E-state index is 0.0171. The van der Waals surface area contributed by atoms with Crippen molar-refractivity contribution >= 4 is 17.7 Å². The number of nitriles is 1. The minimum Gasteiger partial charge on any atom is -0.349 e. The number of pyridine rings is 1. The van der Waals surface area contributed by atoms with Crippen LogP contribution in [0.3, 0.4) is 0 Å². The molecule has 1 aromatic heterocycles. The zero-order valence-corrected chi connectivity index (χ0v) is 15.3. The van der Waals surface area contributed by atoms with E-state index in [1.54, 1.807) is 0 Å². The van der Waals surface area contributed by atoms with Crippen LogP contribution in [0.2, 0.25) is 0 Å². The van der Waals surface area contributed by atoms with Gasteiger partial charge >= 0.3 is 0 Å². The summed E-state index contributed by atoms with van der Waals surface area (Å²) < 4.78 is 0. The number of aryl methyl sites for hydroxylation is 3. The average molecular weight is 351 g/mol. The van der Waals surface area contributed by atoms with E-state index in [-0.39, 0.29) is 17.7 Å². The summed E-state index contributed by atoms with van der Waals surface area (Å²) in [6.07, 6.45) is 3.14. The maximum atomic E-state index is 12.4. The molecular formula is C20H21N3OS. The lowest BCUT2D eigenvalue weighted by Gasteiger charge is -2.26. The molecule has 0 unspecified atom stereocenters. The smallest absolute Gasteiger partial charge is 0.230 e. The SMILES string of the molecule is Cc1cc(C)c(C#N)c(SCC(=O)N[C@H]2CCCc3ccccc32)n1. The van der Waals surface area contributed by atoms with Crippen molar-refractivity contribution in [1.29, 1.82) is 5.26 Å². The molecule has 128 valence electrons. The maximum Gasteiger partial charge on any atom is 0.230 e. The van der Waals surface area contributed by atoms with Crippen molar-refractivity contribution in [3.8, 4) is 6.07 Å². The van der Waals surface area contributed by atoms with Crippen LogP contribution in [0.25, 0.3) is 0 Å². The number of aromatic nitrogens is 1. The van der Waals surface area contributed by atoms with E-state index in [1.807, 2.05) is 32.0 Å². The minimum atomic E-state index is -0.0171. The Morgan fingerprint density at radius 2 is 2.20 bits per heavy atom. The molecule has 0 aliphatic heterocycles. The largest absolute Gasteiger partial charge is 0.349 e. The van der Waals surface area contributed by atoms with E-state index >= 15 is 0 Å². The summed E-state index contributed by atoms with van der Waals surface area (Å²) in [5.74, 6) is 0.250. The second-order valence-corrected chi connectivity index (χ2v) is 7.34. The summed E-state index contributed by atoms with van der Waals surface area (Å²) in [6.45, 7) is 3.80. The Bertz CT molecular complexity index is 841. The predicted octanol–water partition coefficient (Wildman–Crippen LogP) is 3.86. The van der Waals surface area contributed by atoms with Crippen LogP contribution < -0.4 is 5.32 Å². The lowest BCUT2D eigenvalue weighted by Crippen LogP contribution is -2.32. The fourth-order valence-corrected chi connectivity index (χ4v) is 4.23. The Labute approximate surface area is 152 Å². The van der Waals surface area contributed by atoms with Gasteiger partial charge in [-0.2, -0.15) is 5.26 Å². The molecule has 1 amide bonds. The summed E-state index contributed by atoms with van der Waals surface area (Å²) in [5, 5.41) is 13.1. The molecule has 25 heavy (non-hydrogen) atoms. The molecule has 0 saturated heterocycles. The molecule has 1 heterocycles. The van der Waals surface area contributed by atoms with Crippen molar-refractivity contribution < 1.29 is 4.79 Å². The Balaban J connectivity index is 1.66. The molecule has 2 aromatic rings. The number of nitrogens with zero attached hydrogens (tertiary/aromatic N) is 2. The Morgan fingerprint density at radius 3 is 3.00 bits per heavy atom. The van der Waals surface area contributed by atoms with Gasteiger partial charge in [0.05, 0.1) is 17.4 Å². The molecule has 0 spiro atoms. The van der Waals surface area contributed by atoms with Gasteiger partial charge in [0.25, 0.3) is 0 Å². The van der Waals surface area contributed by atoms with Crippen LogP contribution in [0.4, 0.5) is 0 Å². The normalized spacial score (nSPS) is 16.0. The monoisotopic (exact) mass is 351 g/mol. The second-order valence-electron chi connectivity index (χ2n) is 6.37. The topological polar surface area (TPSA) is 65.8 Å². The number of nitrogens with one attached hydrogen (secondary N) is 1. The van der Waals surface area contributed by atoms with Gasteiger partial charge in [-0.1, -0.05) is 36.0 Å². The lowest BCUT2D eigenvalue weighted by atomic mass is 9.88. The van der Waals surface area contributed by atoms with Crippen LogP contribution in [0.5, 0.6) is 0 Å². The number of carbonyl (C=O) groups is 1. The van der Waals surface area contributed by atoms with Crippen molar-refractivity contribution in [3.05, 3.63) is 58.3 Å². The van der Waals surface area contributed by atoms with Gasteiger partial charge < -0.3 is 5.32 Å². The third kappa shape index (κ3) is 4.02. The van der Waals surface area contributed by atoms with Crippen LogP contribution >= 0.6 is 11.8 Å². The quantitative estimate of drug-likeness (QED) is 0.850. The summed E-state index contributed by atoms with van der Waals surface area (Å²) in [4.78, 5) is 16.8. The summed E-state index contributed by atoms with van der Waals surface area (Å²) >= 11 is 1.33. The summed E-state index contributed by atoms with van der Waals surface area (Å²) in [5.41, 5.74) is 4.88. The molecule has 1 aliphatic rings. The first-order chi connectivity index (χ1) is 12.1. The molecule has 1 N–H and O–H groups in total. The van der Waals surface area contributed by atoms with Crippen LogP contribution in [-0.2, 0) is 11.2 Å². The molecular weight excluding hydrogens is 330 g/mol. The van der Waals surface area contributed by atoms with Gasteiger partial charge in [0.2, 0.25) is 5.91 Å². The highest BCUT2D eigenvalue weighted by Crippen LogP contribution is 2.30. The zero-order valence-electron chi connectivity index (χ0n) is 14.5. The fraction of sp³-hybridized carbons (Fsp3) is 0.350. The van der Waals surface area contributed by atoms with Gasteiger partial charge in [0.15, 0.2) is 0 Å². The predicted molar refractivity (Wildman–Crippen MR) is 99.4 cm³/mol. The number of carbonyl (C=O) groups excluding carboxylic acids is 1. The highest BCUT2D eigenvalue weighted by atomic mass is 32.2. The highest BCUT2D eigenvalue weighted by molar-refractivity contribution is 8.00. The number of rotatable bonds is 4. The van der Waals surface area contributed by atoms with Crippen molar-refractivity contribution in [2.45, 2.75) is 44.2 Å². The van der Waals surface area contributed by atoms with E-state index in [4.69, 9.17) is 0 Å². The van der Waals surface area contributed by atoms with Crippen molar-refractivity contribution in [3.63, 3.8) is 0 Å². The Morgan fingerprint density at radius 1 is 1.40 bits per heavy atom. The zero-order chi connectivity index (χ0) is 17.8.